The number of Topliss-reactive ketones (excluding diaryl/α,β-unsaturated/α-hetero) is 1. The van der Waals surface area contributed by atoms with Crippen LogP contribution in [0.1, 0.15) is 41.8 Å². The van der Waals surface area contributed by atoms with Crippen molar-refractivity contribution in [3.05, 3.63) is 51.8 Å². The lowest BCUT2D eigenvalue weighted by atomic mass is 9.94. The average molecular weight is 303 g/mol. The predicted octanol–water partition coefficient (Wildman–Crippen LogP) is 3.48. The van der Waals surface area contributed by atoms with Gasteiger partial charge in [-0.15, -0.1) is 0 Å². The Morgan fingerprint density at radius 3 is 2.90 bits per heavy atom. The predicted molar refractivity (Wildman–Crippen MR) is 83.8 cm³/mol. The van der Waals surface area contributed by atoms with Crippen LogP contribution in [0.3, 0.4) is 0 Å². The fourth-order valence-electron chi connectivity index (χ4n) is 3.19. The number of nitrogens with zero attached hydrogens (tertiary/aromatic N) is 2. The first-order valence-electron chi connectivity index (χ1n) is 7.42. The molecular weight excluding hydrogens is 284 g/mol. The minimum atomic E-state index is 0.0113. The molecule has 1 aromatic heterocycles. The first-order valence-corrected chi connectivity index (χ1v) is 7.80. The van der Waals surface area contributed by atoms with Crippen LogP contribution in [0.4, 0.5) is 0 Å². The maximum atomic E-state index is 12.7. The molecule has 1 aromatic carbocycles. The average Bonchev–Trinajstić information content (AvgIpc) is 3.03. The smallest absolute Gasteiger partial charge is 0.146 e. The zero-order valence-corrected chi connectivity index (χ0v) is 13.2. The van der Waals surface area contributed by atoms with Gasteiger partial charge < -0.3 is 0 Å². The van der Waals surface area contributed by atoms with Crippen molar-refractivity contribution in [1.82, 2.24) is 9.78 Å². The molecule has 2 aromatic rings. The SMILES string of the molecule is CCc1nn(C)c(CC(=O)C2CCc3ccccc32)c1Cl. The van der Waals surface area contributed by atoms with E-state index in [1.54, 1.807) is 4.68 Å². The number of rotatable bonds is 4. The van der Waals surface area contributed by atoms with Crippen LogP contribution in [0.5, 0.6) is 0 Å². The van der Waals surface area contributed by atoms with E-state index in [2.05, 4.69) is 17.2 Å². The van der Waals surface area contributed by atoms with Gasteiger partial charge in [0.2, 0.25) is 0 Å². The molecule has 0 N–H and O–H groups in total. The lowest BCUT2D eigenvalue weighted by Gasteiger charge is -2.11. The fourth-order valence-corrected chi connectivity index (χ4v) is 3.55. The standard InChI is InChI=1S/C17H19ClN2O/c1-3-14-17(18)15(20(2)19-14)10-16(21)13-9-8-11-6-4-5-7-12(11)13/h4-7,13H,3,8-10H2,1-2H3. The van der Waals surface area contributed by atoms with Crippen molar-refractivity contribution in [2.45, 2.75) is 38.5 Å². The van der Waals surface area contributed by atoms with E-state index in [0.29, 0.717) is 11.4 Å². The molecule has 21 heavy (non-hydrogen) atoms. The third-order valence-corrected chi connectivity index (χ3v) is 4.80. The number of carbonyl (C=O) groups is 1. The van der Waals surface area contributed by atoms with Gasteiger partial charge >= 0.3 is 0 Å². The zero-order valence-electron chi connectivity index (χ0n) is 12.4. The van der Waals surface area contributed by atoms with E-state index in [4.69, 9.17) is 11.6 Å². The minimum Gasteiger partial charge on any atom is -0.299 e. The summed E-state index contributed by atoms with van der Waals surface area (Å²) in [7, 11) is 1.86. The van der Waals surface area contributed by atoms with Crippen molar-refractivity contribution < 1.29 is 4.79 Å². The lowest BCUT2D eigenvalue weighted by molar-refractivity contribution is -0.119. The summed E-state index contributed by atoms with van der Waals surface area (Å²) in [4.78, 5) is 12.7. The van der Waals surface area contributed by atoms with Gasteiger partial charge in [-0.25, -0.2) is 0 Å². The largest absolute Gasteiger partial charge is 0.299 e. The van der Waals surface area contributed by atoms with Crippen LogP contribution in [-0.4, -0.2) is 15.6 Å². The summed E-state index contributed by atoms with van der Waals surface area (Å²) in [5.41, 5.74) is 4.20. The number of aromatic nitrogens is 2. The van der Waals surface area contributed by atoms with Crippen molar-refractivity contribution >= 4 is 17.4 Å². The van der Waals surface area contributed by atoms with Gasteiger partial charge in [-0.3, -0.25) is 9.48 Å². The number of ketones is 1. The Labute approximate surface area is 129 Å². The maximum absolute atomic E-state index is 12.7. The Bertz CT molecular complexity index is 690. The number of aryl methyl sites for hydroxylation is 3. The minimum absolute atomic E-state index is 0.0113. The van der Waals surface area contributed by atoms with E-state index < -0.39 is 0 Å². The summed E-state index contributed by atoms with van der Waals surface area (Å²) in [6, 6.07) is 8.25. The van der Waals surface area contributed by atoms with Gasteiger partial charge in [0.15, 0.2) is 0 Å². The Kier molecular flexibility index (Phi) is 3.85. The Balaban J connectivity index is 1.84. The first-order chi connectivity index (χ1) is 10.1. The van der Waals surface area contributed by atoms with E-state index in [1.165, 1.54) is 11.1 Å². The molecule has 3 rings (SSSR count). The Morgan fingerprint density at radius 2 is 2.19 bits per heavy atom. The van der Waals surface area contributed by atoms with Crippen molar-refractivity contribution in [1.29, 1.82) is 0 Å². The van der Waals surface area contributed by atoms with E-state index in [0.717, 1.165) is 30.7 Å². The molecule has 110 valence electrons. The number of hydrogen-bond acceptors (Lipinski definition) is 2. The van der Waals surface area contributed by atoms with Crippen LogP contribution in [0.25, 0.3) is 0 Å². The van der Waals surface area contributed by atoms with Crippen molar-refractivity contribution in [2.75, 3.05) is 0 Å². The van der Waals surface area contributed by atoms with Gasteiger partial charge in [-0.05, 0) is 30.4 Å². The normalized spacial score (nSPS) is 17.0. The molecular formula is C17H19ClN2O. The van der Waals surface area contributed by atoms with Gasteiger partial charge in [-0.1, -0.05) is 42.8 Å². The molecule has 1 heterocycles. The van der Waals surface area contributed by atoms with Crippen molar-refractivity contribution in [3.63, 3.8) is 0 Å². The van der Waals surface area contributed by atoms with Crippen LogP contribution in [0.15, 0.2) is 24.3 Å². The first kappa shape index (κ1) is 14.3. The molecule has 3 nitrogen and oxygen atoms in total. The lowest BCUT2D eigenvalue weighted by Crippen LogP contribution is -2.15. The maximum Gasteiger partial charge on any atom is 0.146 e. The number of carbonyl (C=O) groups excluding carboxylic acids is 1. The van der Waals surface area contributed by atoms with Crippen LogP contribution in [-0.2, 0) is 31.1 Å². The van der Waals surface area contributed by atoms with Crippen LogP contribution >= 0.6 is 11.6 Å². The molecule has 1 unspecified atom stereocenters. The highest BCUT2D eigenvalue weighted by Gasteiger charge is 2.29. The van der Waals surface area contributed by atoms with E-state index >= 15 is 0 Å². The molecule has 1 aliphatic rings. The number of benzene rings is 1. The van der Waals surface area contributed by atoms with Gasteiger partial charge in [0.05, 0.1) is 22.8 Å². The molecule has 0 amide bonds. The summed E-state index contributed by atoms with van der Waals surface area (Å²) in [6.07, 6.45) is 3.05. The Morgan fingerprint density at radius 1 is 1.43 bits per heavy atom. The zero-order chi connectivity index (χ0) is 15.0. The quantitative estimate of drug-likeness (QED) is 0.866. The monoisotopic (exact) mass is 302 g/mol. The summed E-state index contributed by atoms with van der Waals surface area (Å²) < 4.78 is 1.75. The molecule has 0 saturated heterocycles. The van der Waals surface area contributed by atoms with E-state index in [1.807, 2.05) is 26.1 Å². The third kappa shape index (κ3) is 2.51. The molecule has 0 aliphatic heterocycles. The summed E-state index contributed by atoms with van der Waals surface area (Å²) in [5, 5.41) is 5.04. The molecule has 0 radical (unpaired) electrons. The van der Waals surface area contributed by atoms with Crippen LogP contribution in [0.2, 0.25) is 5.02 Å². The highest BCUT2D eigenvalue weighted by atomic mass is 35.5. The molecule has 4 heteroatoms. The van der Waals surface area contributed by atoms with Crippen molar-refractivity contribution in [3.8, 4) is 0 Å². The number of hydrogen-bond donors (Lipinski definition) is 0. The van der Waals surface area contributed by atoms with Gasteiger partial charge in [0.1, 0.15) is 5.78 Å². The second kappa shape index (κ2) is 5.64. The molecule has 0 spiro atoms. The molecule has 1 aliphatic carbocycles. The summed E-state index contributed by atoms with van der Waals surface area (Å²) >= 11 is 6.35. The Hall–Kier alpha value is -1.61. The van der Waals surface area contributed by atoms with Gasteiger partial charge in [0, 0.05) is 13.0 Å². The molecule has 1 atom stereocenters. The highest BCUT2D eigenvalue weighted by molar-refractivity contribution is 6.32. The molecule has 0 saturated carbocycles. The summed E-state index contributed by atoms with van der Waals surface area (Å²) in [5.74, 6) is 0.254. The fraction of sp³-hybridized carbons (Fsp3) is 0.412. The number of halogens is 1. The van der Waals surface area contributed by atoms with Gasteiger partial charge in [0.25, 0.3) is 0 Å². The van der Waals surface area contributed by atoms with E-state index in [9.17, 15) is 4.79 Å². The second-order valence-corrected chi connectivity index (χ2v) is 6.00. The van der Waals surface area contributed by atoms with Gasteiger partial charge in [-0.2, -0.15) is 5.10 Å². The highest BCUT2D eigenvalue weighted by Crippen LogP contribution is 2.35. The second-order valence-electron chi connectivity index (χ2n) is 5.62. The van der Waals surface area contributed by atoms with E-state index in [-0.39, 0.29) is 11.7 Å². The van der Waals surface area contributed by atoms with Crippen LogP contribution < -0.4 is 0 Å². The third-order valence-electron chi connectivity index (χ3n) is 4.37. The molecule has 0 fully saturated rings. The topological polar surface area (TPSA) is 34.9 Å². The number of fused-ring (bicyclic) bond motifs is 1. The molecule has 0 bridgehead atoms. The van der Waals surface area contributed by atoms with Crippen molar-refractivity contribution in [2.24, 2.45) is 7.05 Å². The summed E-state index contributed by atoms with van der Waals surface area (Å²) in [6.45, 7) is 2.02. The van der Waals surface area contributed by atoms with Crippen LogP contribution in [0, 0.1) is 0 Å².